The van der Waals surface area contributed by atoms with E-state index in [-0.39, 0.29) is 11.8 Å². The van der Waals surface area contributed by atoms with Crippen molar-refractivity contribution < 1.29 is 9.84 Å². The number of ether oxygens (including phenoxy) is 1. The van der Waals surface area contributed by atoms with Gasteiger partial charge in [0.1, 0.15) is 12.4 Å². The molecule has 1 aliphatic carbocycles. The van der Waals surface area contributed by atoms with Crippen molar-refractivity contribution in [3.63, 3.8) is 0 Å². The molecule has 2 atom stereocenters. The van der Waals surface area contributed by atoms with E-state index >= 15 is 0 Å². The van der Waals surface area contributed by atoms with Gasteiger partial charge in [-0.15, -0.1) is 0 Å². The second kappa shape index (κ2) is 8.77. The van der Waals surface area contributed by atoms with Crippen molar-refractivity contribution in [2.45, 2.75) is 38.0 Å². The molecule has 2 aliphatic rings. The summed E-state index contributed by atoms with van der Waals surface area (Å²) in [6, 6.07) is 18.2. The number of nitrogens with zero attached hydrogens (tertiary/aromatic N) is 3. The lowest BCUT2D eigenvalue weighted by Gasteiger charge is -2.53. The third-order valence-electron chi connectivity index (χ3n) is 6.85. The Labute approximate surface area is 183 Å². The lowest BCUT2D eigenvalue weighted by atomic mass is 9.63. The van der Waals surface area contributed by atoms with Gasteiger partial charge in [0.05, 0.1) is 11.3 Å². The highest BCUT2D eigenvalue weighted by molar-refractivity contribution is 5.29. The molecule has 1 saturated heterocycles. The number of hydrogen-bond donors (Lipinski definition) is 1. The van der Waals surface area contributed by atoms with Crippen LogP contribution in [0.3, 0.4) is 0 Å². The van der Waals surface area contributed by atoms with Gasteiger partial charge in [0, 0.05) is 55.6 Å². The molecule has 5 rings (SSSR count). The van der Waals surface area contributed by atoms with Gasteiger partial charge >= 0.3 is 0 Å². The average Bonchev–Trinajstić information content (AvgIpc) is 2.80. The number of piperidine rings is 1. The van der Waals surface area contributed by atoms with Crippen molar-refractivity contribution in [3.8, 4) is 5.75 Å². The fraction of sp³-hybridized carbons (Fsp3) is 0.385. The predicted molar refractivity (Wildman–Crippen MR) is 119 cm³/mol. The lowest BCUT2D eigenvalue weighted by Crippen LogP contribution is -2.57. The number of benzene rings is 1. The Bertz CT molecular complexity index is 982. The Morgan fingerprint density at radius 1 is 1.00 bits per heavy atom. The molecule has 0 unspecified atom stereocenters. The molecule has 3 heterocycles. The lowest BCUT2D eigenvalue weighted by molar-refractivity contribution is -0.148. The van der Waals surface area contributed by atoms with Crippen molar-refractivity contribution >= 4 is 0 Å². The van der Waals surface area contributed by atoms with Gasteiger partial charge in [-0.25, -0.2) is 0 Å². The summed E-state index contributed by atoms with van der Waals surface area (Å²) in [5.41, 5.74) is 2.39. The van der Waals surface area contributed by atoms with Gasteiger partial charge in [-0.3, -0.25) is 14.9 Å². The van der Waals surface area contributed by atoms with Crippen LogP contribution in [0.2, 0.25) is 0 Å². The van der Waals surface area contributed by atoms with Crippen LogP contribution >= 0.6 is 0 Å². The summed E-state index contributed by atoms with van der Waals surface area (Å²) in [5.74, 6) is 1.35. The van der Waals surface area contributed by atoms with E-state index in [0.29, 0.717) is 6.61 Å². The second-order valence-corrected chi connectivity index (χ2v) is 8.84. The van der Waals surface area contributed by atoms with Gasteiger partial charge in [0.25, 0.3) is 0 Å². The van der Waals surface area contributed by atoms with Gasteiger partial charge in [-0.2, -0.15) is 0 Å². The van der Waals surface area contributed by atoms with Crippen molar-refractivity contribution in [3.05, 3.63) is 90.0 Å². The van der Waals surface area contributed by atoms with Crippen molar-refractivity contribution in [2.75, 3.05) is 13.1 Å². The molecule has 1 aromatic carbocycles. The van der Waals surface area contributed by atoms with Crippen LogP contribution in [0.15, 0.2) is 73.2 Å². The van der Waals surface area contributed by atoms with Gasteiger partial charge in [0.15, 0.2) is 0 Å². The summed E-state index contributed by atoms with van der Waals surface area (Å²) < 4.78 is 5.96. The number of aliphatic hydroxyl groups is 1. The molecule has 2 fully saturated rings. The molecule has 0 radical (unpaired) electrons. The van der Waals surface area contributed by atoms with E-state index in [1.165, 1.54) is 12.0 Å². The molecular formula is C26H29N3O2. The molecule has 31 heavy (non-hydrogen) atoms. The van der Waals surface area contributed by atoms with Crippen LogP contribution in [-0.4, -0.2) is 33.1 Å². The summed E-state index contributed by atoms with van der Waals surface area (Å²) in [5, 5.41) is 11.7. The first-order valence-corrected chi connectivity index (χ1v) is 11.2. The molecule has 1 saturated carbocycles. The smallest absolute Gasteiger partial charge is 0.130 e. The number of aromatic nitrogens is 2. The van der Waals surface area contributed by atoms with Gasteiger partial charge in [-0.05, 0) is 48.7 Å². The highest BCUT2D eigenvalue weighted by atomic mass is 16.5. The zero-order chi connectivity index (χ0) is 21.1. The van der Waals surface area contributed by atoms with Crippen LogP contribution in [-0.2, 0) is 18.8 Å². The molecule has 5 heteroatoms. The maximum Gasteiger partial charge on any atom is 0.130 e. The third-order valence-corrected chi connectivity index (χ3v) is 6.85. The monoisotopic (exact) mass is 415 g/mol. The minimum absolute atomic E-state index is 0.243. The summed E-state index contributed by atoms with van der Waals surface area (Å²) in [4.78, 5) is 11.1. The highest BCUT2D eigenvalue weighted by Gasteiger charge is 2.51. The highest BCUT2D eigenvalue weighted by Crippen LogP contribution is 2.49. The molecule has 0 amide bonds. The number of pyridine rings is 2. The van der Waals surface area contributed by atoms with Crippen LogP contribution in [0.5, 0.6) is 5.75 Å². The fourth-order valence-electron chi connectivity index (χ4n) is 5.38. The first-order chi connectivity index (χ1) is 15.2. The van der Waals surface area contributed by atoms with Crippen LogP contribution in [0.25, 0.3) is 0 Å². The van der Waals surface area contributed by atoms with Crippen molar-refractivity contribution in [1.82, 2.24) is 14.9 Å². The molecule has 2 aromatic heterocycles. The maximum absolute atomic E-state index is 11.7. The van der Waals surface area contributed by atoms with Crippen molar-refractivity contribution in [1.29, 1.82) is 0 Å². The van der Waals surface area contributed by atoms with E-state index in [2.05, 4.69) is 33.1 Å². The van der Waals surface area contributed by atoms with Gasteiger partial charge in [-0.1, -0.05) is 30.7 Å². The molecule has 3 aromatic rings. The quantitative estimate of drug-likeness (QED) is 0.655. The predicted octanol–water partition coefficient (Wildman–Crippen LogP) is 4.18. The van der Waals surface area contributed by atoms with Crippen LogP contribution in [0, 0.1) is 11.8 Å². The zero-order valence-corrected chi connectivity index (χ0v) is 17.7. The Morgan fingerprint density at radius 2 is 1.87 bits per heavy atom. The van der Waals surface area contributed by atoms with Gasteiger partial charge in [0.2, 0.25) is 0 Å². The number of fused-ring (bicyclic) bond motifs is 2. The first kappa shape index (κ1) is 20.2. The van der Waals surface area contributed by atoms with Crippen LogP contribution < -0.4 is 4.74 Å². The topological polar surface area (TPSA) is 58.5 Å². The van der Waals surface area contributed by atoms with Gasteiger partial charge < -0.3 is 9.84 Å². The Kier molecular flexibility index (Phi) is 5.70. The Morgan fingerprint density at radius 3 is 2.61 bits per heavy atom. The number of hydrogen-bond acceptors (Lipinski definition) is 5. The van der Waals surface area contributed by atoms with E-state index in [9.17, 15) is 5.11 Å². The largest absolute Gasteiger partial charge is 0.487 e. The zero-order valence-electron chi connectivity index (χ0n) is 17.7. The number of likely N-dealkylation sites (tertiary alicyclic amines) is 1. The van der Waals surface area contributed by atoms with E-state index in [0.717, 1.165) is 49.5 Å². The molecule has 5 nitrogen and oxygen atoms in total. The van der Waals surface area contributed by atoms with E-state index in [1.54, 1.807) is 12.4 Å². The second-order valence-electron chi connectivity index (χ2n) is 8.84. The van der Waals surface area contributed by atoms with E-state index in [1.807, 2.05) is 42.6 Å². The molecule has 0 spiro atoms. The SMILES string of the molecule is OC1(c2cccnc2)[C@@H]2CCC[C@@H]1CN(Cc1cccc(OCc3ccccn3)c1)C2. The fourth-order valence-corrected chi connectivity index (χ4v) is 5.38. The average molecular weight is 416 g/mol. The first-order valence-electron chi connectivity index (χ1n) is 11.2. The molecule has 1 aliphatic heterocycles. The summed E-state index contributed by atoms with van der Waals surface area (Å²) in [6.45, 7) is 3.15. The molecule has 1 N–H and O–H groups in total. The van der Waals surface area contributed by atoms with Crippen molar-refractivity contribution in [2.24, 2.45) is 11.8 Å². The maximum atomic E-state index is 11.7. The van der Waals surface area contributed by atoms with E-state index < -0.39 is 5.60 Å². The molecule has 2 bridgehead atoms. The minimum Gasteiger partial charge on any atom is -0.487 e. The van der Waals surface area contributed by atoms with Crippen LogP contribution in [0.1, 0.15) is 36.1 Å². The third kappa shape index (κ3) is 4.21. The normalized spacial score (nSPS) is 25.8. The minimum atomic E-state index is -0.753. The van der Waals surface area contributed by atoms with Crippen LogP contribution in [0.4, 0.5) is 0 Å². The standard InChI is InChI=1S/C26H29N3O2/c30-26(21-9-5-12-27-15-21)22-7-4-8-23(26)18-29(17-22)16-20-6-3-11-25(14-20)31-19-24-10-1-2-13-28-24/h1-3,5-6,9-15,22-23,30H,4,7-8,16-19H2/t22-,23-/m1/s1. The Balaban J connectivity index is 1.27. The summed E-state index contributed by atoms with van der Waals surface area (Å²) in [7, 11) is 0. The Hall–Kier alpha value is -2.76. The summed E-state index contributed by atoms with van der Waals surface area (Å²) in [6.07, 6.45) is 8.74. The van der Waals surface area contributed by atoms with E-state index in [4.69, 9.17) is 4.74 Å². The number of rotatable bonds is 6. The molecular weight excluding hydrogens is 386 g/mol. The summed E-state index contributed by atoms with van der Waals surface area (Å²) >= 11 is 0. The molecule has 160 valence electrons.